The molecule has 7 heteroatoms. The molecular formula is C26H29CrNO5. The minimum absolute atomic E-state index is 0. The summed E-state index contributed by atoms with van der Waals surface area (Å²) < 4.78 is 33.5. The van der Waals surface area contributed by atoms with Gasteiger partial charge in [-0.1, -0.05) is 30.3 Å². The van der Waals surface area contributed by atoms with Crippen LogP contribution in [0.25, 0.3) is 0 Å². The largest absolute Gasteiger partial charge is 0 e. The molecule has 0 aromatic heterocycles. The average molecular weight is 488 g/mol. The van der Waals surface area contributed by atoms with E-state index in [4.69, 9.17) is 28.4 Å². The first kappa shape index (κ1) is 32.6. The summed E-state index contributed by atoms with van der Waals surface area (Å²) >= 11 is 0. The molecule has 1 unspecified atom stereocenters. The van der Waals surface area contributed by atoms with Crippen LogP contribution in [0.2, 0.25) is 0 Å². The smallest absolute Gasteiger partial charge is 0 e. The third kappa shape index (κ3) is 10.8. The van der Waals surface area contributed by atoms with Crippen LogP contribution in [0.15, 0.2) is 47.5 Å². The zero-order valence-corrected chi connectivity index (χ0v) is 20.5. The van der Waals surface area contributed by atoms with Gasteiger partial charge in [0, 0.05) is 23.1 Å². The number of hydrogen-bond donors (Lipinski definition) is 0. The van der Waals surface area contributed by atoms with Gasteiger partial charge in [0.1, 0.15) is 0 Å². The van der Waals surface area contributed by atoms with E-state index in [1.54, 1.807) is 14.2 Å². The number of methoxy groups -OCH3 is 2. The van der Waals surface area contributed by atoms with Gasteiger partial charge in [-0.15, -0.1) is 0 Å². The third-order valence-corrected chi connectivity index (χ3v) is 5.31. The van der Waals surface area contributed by atoms with Crippen molar-refractivity contribution < 1.29 is 40.8 Å². The summed E-state index contributed by atoms with van der Waals surface area (Å²) in [5, 5.41) is 0. The fourth-order valence-corrected chi connectivity index (χ4v) is 3.80. The van der Waals surface area contributed by atoms with Gasteiger partial charge in [0.05, 0.1) is 20.8 Å². The minimum atomic E-state index is 0. The van der Waals surface area contributed by atoms with Gasteiger partial charge in [-0.05, 0) is 73.8 Å². The van der Waals surface area contributed by atoms with Crippen LogP contribution in [0.1, 0.15) is 55.2 Å². The Bertz CT molecular complexity index is 877. The zero-order chi connectivity index (χ0) is 24.4. The van der Waals surface area contributed by atoms with Crippen molar-refractivity contribution in [3.05, 3.63) is 79.1 Å². The molecule has 0 heterocycles. The van der Waals surface area contributed by atoms with Crippen molar-refractivity contribution in [3.63, 3.8) is 0 Å². The maximum atomic E-state index is 7.50. The second-order valence-corrected chi connectivity index (χ2v) is 7.07. The van der Waals surface area contributed by atoms with Gasteiger partial charge < -0.3 is 9.47 Å². The Balaban J connectivity index is 0. The van der Waals surface area contributed by atoms with E-state index in [0.29, 0.717) is 5.92 Å². The van der Waals surface area contributed by atoms with Gasteiger partial charge in [0.25, 0.3) is 0 Å². The molecule has 0 radical (unpaired) electrons. The number of rotatable bonds is 7. The summed E-state index contributed by atoms with van der Waals surface area (Å²) in [5.41, 5.74) is 5.36. The van der Waals surface area contributed by atoms with Crippen LogP contribution in [0.4, 0.5) is 0 Å². The molecule has 33 heavy (non-hydrogen) atoms. The predicted octanol–water partition coefficient (Wildman–Crippen LogP) is 5.45. The van der Waals surface area contributed by atoms with Crippen LogP contribution >= 0.6 is 0 Å². The monoisotopic (exact) mass is 487 g/mol. The molecule has 0 fully saturated rings. The first-order valence-electron chi connectivity index (χ1n) is 10.1. The van der Waals surface area contributed by atoms with Crippen molar-refractivity contribution in [3.8, 4) is 11.5 Å². The van der Waals surface area contributed by atoms with Crippen molar-refractivity contribution in [2.45, 2.75) is 51.5 Å². The van der Waals surface area contributed by atoms with Gasteiger partial charge >= 0.3 is 33.9 Å². The fourth-order valence-electron chi connectivity index (χ4n) is 3.80. The molecule has 0 bridgehead atoms. The van der Waals surface area contributed by atoms with Crippen molar-refractivity contribution in [1.29, 1.82) is 0 Å². The van der Waals surface area contributed by atoms with Gasteiger partial charge in [-0.25, -0.2) is 0 Å². The van der Waals surface area contributed by atoms with Gasteiger partial charge in [0.2, 0.25) is 0 Å². The first-order valence-corrected chi connectivity index (χ1v) is 10.1. The number of ether oxygens (including phenoxy) is 2. The molecule has 6 nitrogen and oxygen atoms in total. The molecule has 2 aromatic carbocycles. The molecule has 0 N–H and O–H groups in total. The van der Waals surface area contributed by atoms with Crippen molar-refractivity contribution in [2.24, 2.45) is 4.99 Å². The van der Waals surface area contributed by atoms with Crippen LogP contribution in [-0.4, -0.2) is 19.9 Å². The van der Waals surface area contributed by atoms with E-state index in [9.17, 15) is 0 Å². The number of nitrogens with zero attached hydrogens (tertiary/aromatic N) is 1. The Kier molecular flexibility index (Phi) is 19.9. The Labute approximate surface area is 207 Å². The minimum Gasteiger partial charge on any atom is 0 e. The van der Waals surface area contributed by atoms with Crippen LogP contribution in [0, 0.1) is 20.0 Å². The third-order valence-electron chi connectivity index (χ3n) is 5.31. The Morgan fingerprint density at radius 3 is 2.12 bits per heavy atom. The molecule has 3 rings (SSSR count). The quantitative estimate of drug-likeness (QED) is 0.295. The van der Waals surface area contributed by atoms with E-state index < -0.39 is 0 Å². The van der Waals surface area contributed by atoms with Crippen molar-refractivity contribution in [1.82, 2.24) is 0 Å². The number of aryl methyl sites for hydroxylation is 1. The number of hydrogen-bond acceptors (Lipinski definition) is 3. The van der Waals surface area contributed by atoms with E-state index in [0.717, 1.165) is 37.3 Å². The zero-order valence-electron chi connectivity index (χ0n) is 19.3. The number of benzene rings is 2. The summed E-state index contributed by atoms with van der Waals surface area (Å²) in [6.45, 7) is 16.4. The van der Waals surface area contributed by atoms with Gasteiger partial charge in [-0.2, -0.15) is 0 Å². The van der Waals surface area contributed by atoms with Crippen LogP contribution in [0.3, 0.4) is 0 Å². The maximum Gasteiger partial charge on any atom is 0 e. The van der Waals surface area contributed by atoms with Crippen molar-refractivity contribution >= 4 is 5.71 Å². The molecule has 1 aliphatic carbocycles. The van der Waals surface area contributed by atoms with E-state index in [-0.39, 0.29) is 17.4 Å². The molecule has 1 atom stereocenters. The average Bonchev–Trinajstić information content (AvgIpc) is 2.89. The second kappa shape index (κ2) is 20.1. The maximum absolute atomic E-state index is 7.50. The number of aliphatic imine (C=N–C) groups is 1. The summed E-state index contributed by atoms with van der Waals surface area (Å²) in [7, 11) is 3.42. The molecule has 0 saturated heterocycles. The molecule has 0 spiro atoms. The molecule has 1 aliphatic rings. The van der Waals surface area contributed by atoms with Gasteiger partial charge in [0.15, 0.2) is 11.5 Å². The topological polar surface area (TPSA) is 90.5 Å². The summed E-state index contributed by atoms with van der Waals surface area (Å²) in [4.78, 5) is 4.77. The van der Waals surface area contributed by atoms with E-state index in [1.165, 1.54) is 35.2 Å². The predicted molar refractivity (Wildman–Crippen MR) is 120 cm³/mol. The molecule has 0 amide bonds. The standard InChI is InChI=1S/C23H29NO2.3CO.Cr/c1-17(24-16-18-8-5-4-6-9-18)12-13-19-10-7-11-20-14-22(25-2)23(26-3)15-21(19)20;3*1-2;/h4-6,8-9,14-15,19H,7,10-13,16H2,1-3H3;;;;. The second-order valence-electron chi connectivity index (χ2n) is 7.07. The molecule has 2 aromatic rings. The first-order chi connectivity index (χ1) is 15.7. The Morgan fingerprint density at radius 1 is 0.970 bits per heavy atom. The van der Waals surface area contributed by atoms with Crippen LogP contribution in [0.5, 0.6) is 11.5 Å². The Morgan fingerprint density at radius 2 is 1.55 bits per heavy atom. The fraction of sp³-hybridized carbons (Fsp3) is 0.385. The molecular weight excluding hydrogens is 458 g/mol. The SMILES string of the molecule is COc1cc2c(cc1OC)C(CCC(C)=NCc1ccccc1)CCC2.[C-]#[O+].[C-]#[O+].[C-]#[O+].[Cr]. The molecule has 0 saturated carbocycles. The van der Waals surface area contributed by atoms with Gasteiger partial charge in [-0.3, -0.25) is 4.99 Å². The van der Waals surface area contributed by atoms with E-state index in [2.05, 4.69) is 63.3 Å². The summed E-state index contributed by atoms with van der Waals surface area (Å²) in [6, 6.07) is 14.8. The number of fused-ring (bicyclic) bond motifs is 1. The normalized spacial score (nSPS) is 13.5. The molecule has 174 valence electrons. The van der Waals surface area contributed by atoms with Crippen LogP contribution < -0.4 is 9.47 Å². The summed E-state index contributed by atoms with van der Waals surface area (Å²) in [6.07, 6.45) is 5.81. The van der Waals surface area contributed by atoms with E-state index >= 15 is 0 Å². The summed E-state index contributed by atoms with van der Waals surface area (Å²) in [5.74, 6) is 2.26. The van der Waals surface area contributed by atoms with Crippen LogP contribution in [-0.2, 0) is 44.3 Å². The Hall–Kier alpha value is -2.54. The van der Waals surface area contributed by atoms with E-state index in [1.807, 2.05) is 6.07 Å². The molecule has 0 aliphatic heterocycles. The van der Waals surface area contributed by atoms with Crippen molar-refractivity contribution in [2.75, 3.05) is 14.2 Å².